The zero-order chi connectivity index (χ0) is 19.8. The molecular weight excluding hydrogens is 367 g/mol. The third-order valence-electron chi connectivity index (χ3n) is 6.29. The minimum Gasteiger partial charge on any atom is -0.432 e. The Morgan fingerprint density at radius 1 is 1.15 bits per heavy atom. The molecule has 7 heteroatoms. The van der Waals surface area contributed by atoms with E-state index >= 15 is 0 Å². The Balaban J connectivity index is 1.61. The van der Waals surface area contributed by atoms with E-state index < -0.39 is 35.5 Å². The molecule has 2 aliphatic carbocycles. The SMILES string of the molecule is CC1CCC(C2CCC(C)(C(F)(F)OC3=CC(F)C(F)C(F)=C3)CC2)OC1. The first kappa shape index (κ1) is 20.6. The third kappa shape index (κ3) is 4.33. The molecule has 2 nitrogen and oxygen atoms in total. The largest absolute Gasteiger partial charge is 0.432 e. The summed E-state index contributed by atoms with van der Waals surface area (Å²) in [6, 6.07) is 0. The van der Waals surface area contributed by atoms with Crippen LogP contribution in [0.15, 0.2) is 23.7 Å². The summed E-state index contributed by atoms with van der Waals surface area (Å²) in [5.74, 6) is -1.32. The molecule has 27 heavy (non-hydrogen) atoms. The molecule has 0 aromatic heterocycles. The fraction of sp³-hybridized carbons (Fsp3) is 0.800. The first-order valence-electron chi connectivity index (χ1n) is 9.67. The van der Waals surface area contributed by atoms with Crippen molar-refractivity contribution in [2.24, 2.45) is 17.3 Å². The molecule has 0 bridgehead atoms. The highest BCUT2D eigenvalue weighted by molar-refractivity contribution is 5.27. The maximum absolute atomic E-state index is 14.8. The second-order valence-electron chi connectivity index (χ2n) is 8.52. The summed E-state index contributed by atoms with van der Waals surface area (Å²) in [7, 11) is 0. The van der Waals surface area contributed by atoms with Gasteiger partial charge in [0.15, 0.2) is 12.3 Å². The molecular formula is C20H27F5O2. The van der Waals surface area contributed by atoms with Crippen LogP contribution in [0.1, 0.15) is 52.4 Å². The lowest BCUT2D eigenvalue weighted by Crippen LogP contribution is -2.45. The molecule has 3 aliphatic rings. The van der Waals surface area contributed by atoms with Crippen molar-refractivity contribution < 1.29 is 31.4 Å². The third-order valence-corrected chi connectivity index (χ3v) is 6.29. The van der Waals surface area contributed by atoms with Crippen molar-refractivity contribution in [3.05, 3.63) is 23.7 Å². The van der Waals surface area contributed by atoms with Crippen molar-refractivity contribution in [1.82, 2.24) is 0 Å². The molecule has 0 aromatic carbocycles. The van der Waals surface area contributed by atoms with Crippen molar-refractivity contribution in [3.63, 3.8) is 0 Å². The van der Waals surface area contributed by atoms with Crippen LogP contribution < -0.4 is 0 Å². The lowest BCUT2D eigenvalue weighted by molar-refractivity contribution is -0.293. The van der Waals surface area contributed by atoms with Crippen LogP contribution in [-0.4, -0.2) is 31.2 Å². The summed E-state index contributed by atoms with van der Waals surface area (Å²) < 4.78 is 80.0. The Morgan fingerprint density at radius 2 is 1.81 bits per heavy atom. The fourth-order valence-corrected chi connectivity index (χ4v) is 4.21. The summed E-state index contributed by atoms with van der Waals surface area (Å²) in [6.45, 7) is 4.28. The van der Waals surface area contributed by atoms with Gasteiger partial charge in [0.05, 0.1) is 11.5 Å². The molecule has 1 heterocycles. The van der Waals surface area contributed by atoms with E-state index in [1.807, 2.05) is 0 Å². The average molecular weight is 394 g/mol. The van der Waals surface area contributed by atoms with Gasteiger partial charge in [-0.3, -0.25) is 0 Å². The highest BCUT2D eigenvalue weighted by Gasteiger charge is 2.55. The van der Waals surface area contributed by atoms with Crippen molar-refractivity contribution in [2.45, 2.75) is 76.9 Å². The van der Waals surface area contributed by atoms with Gasteiger partial charge < -0.3 is 9.47 Å². The van der Waals surface area contributed by atoms with Crippen LogP contribution in [0.25, 0.3) is 0 Å². The Hall–Kier alpha value is -1.11. The molecule has 0 radical (unpaired) electrons. The van der Waals surface area contributed by atoms with Crippen LogP contribution in [0.4, 0.5) is 22.0 Å². The first-order valence-corrected chi connectivity index (χ1v) is 9.67. The number of hydrogen-bond donors (Lipinski definition) is 0. The van der Waals surface area contributed by atoms with Gasteiger partial charge in [-0.2, -0.15) is 8.78 Å². The van der Waals surface area contributed by atoms with E-state index in [1.54, 1.807) is 0 Å². The Bertz CT molecular complexity index is 587. The maximum Gasteiger partial charge on any atom is 0.403 e. The number of ether oxygens (including phenoxy) is 2. The van der Waals surface area contributed by atoms with E-state index in [-0.39, 0.29) is 24.9 Å². The second-order valence-corrected chi connectivity index (χ2v) is 8.52. The van der Waals surface area contributed by atoms with Gasteiger partial charge in [-0.05, 0) is 63.4 Å². The maximum atomic E-state index is 14.8. The molecule has 4 atom stereocenters. The van der Waals surface area contributed by atoms with Crippen molar-refractivity contribution in [1.29, 1.82) is 0 Å². The minimum atomic E-state index is -3.61. The summed E-state index contributed by atoms with van der Waals surface area (Å²) >= 11 is 0. The zero-order valence-corrected chi connectivity index (χ0v) is 15.7. The van der Waals surface area contributed by atoms with Crippen LogP contribution in [0.5, 0.6) is 0 Å². The number of hydrogen-bond acceptors (Lipinski definition) is 2. The van der Waals surface area contributed by atoms with E-state index in [0.29, 0.717) is 37.5 Å². The summed E-state index contributed by atoms with van der Waals surface area (Å²) in [5, 5.41) is 0. The standard InChI is InChI=1S/C20H27F5O2/c1-12-3-4-17(26-11-12)13-5-7-19(2,8-6-13)20(24,25)27-14-9-15(21)18(23)16(22)10-14/h9-10,12-13,15,17-18H,3-8,11H2,1-2H3. The van der Waals surface area contributed by atoms with Crippen LogP contribution in [0, 0.1) is 17.3 Å². The normalized spacial score (nSPS) is 40.9. The molecule has 1 aliphatic heterocycles. The lowest BCUT2D eigenvalue weighted by atomic mass is 9.68. The van der Waals surface area contributed by atoms with E-state index in [4.69, 9.17) is 4.74 Å². The molecule has 1 saturated heterocycles. The van der Waals surface area contributed by atoms with Crippen LogP contribution in [-0.2, 0) is 9.47 Å². The molecule has 0 amide bonds. The van der Waals surface area contributed by atoms with Gasteiger partial charge in [0.1, 0.15) is 11.6 Å². The average Bonchev–Trinajstić information content (AvgIpc) is 2.60. The Morgan fingerprint density at radius 3 is 2.37 bits per heavy atom. The predicted molar refractivity (Wildman–Crippen MR) is 91.3 cm³/mol. The molecule has 154 valence electrons. The number of halogens is 5. The van der Waals surface area contributed by atoms with Gasteiger partial charge in [-0.15, -0.1) is 0 Å². The number of alkyl halides is 4. The Kier molecular flexibility index (Phi) is 5.90. The van der Waals surface area contributed by atoms with E-state index in [1.165, 1.54) is 6.92 Å². The first-order chi connectivity index (χ1) is 12.6. The van der Waals surface area contributed by atoms with Gasteiger partial charge in [0, 0.05) is 12.7 Å². The molecule has 0 aromatic rings. The highest BCUT2D eigenvalue weighted by atomic mass is 19.3. The summed E-state index contributed by atoms with van der Waals surface area (Å²) in [4.78, 5) is 0. The summed E-state index contributed by atoms with van der Waals surface area (Å²) in [6.07, 6.45) is -3.53. The number of rotatable bonds is 4. The summed E-state index contributed by atoms with van der Waals surface area (Å²) in [5.41, 5.74) is -1.45. The minimum absolute atomic E-state index is 0.118. The number of allylic oxidation sites excluding steroid dienone is 3. The fourth-order valence-electron chi connectivity index (χ4n) is 4.21. The molecule has 1 saturated carbocycles. The van der Waals surface area contributed by atoms with Crippen LogP contribution >= 0.6 is 0 Å². The smallest absolute Gasteiger partial charge is 0.403 e. The molecule has 3 rings (SSSR count). The zero-order valence-electron chi connectivity index (χ0n) is 15.7. The van der Waals surface area contributed by atoms with Crippen molar-refractivity contribution in [2.75, 3.05) is 6.61 Å². The quantitative estimate of drug-likeness (QED) is 0.542. The lowest BCUT2D eigenvalue weighted by Gasteiger charge is -2.44. The van der Waals surface area contributed by atoms with E-state index in [0.717, 1.165) is 12.8 Å². The van der Waals surface area contributed by atoms with Gasteiger partial charge >= 0.3 is 6.11 Å². The van der Waals surface area contributed by atoms with Crippen LogP contribution in [0.3, 0.4) is 0 Å². The molecule has 0 spiro atoms. The highest BCUT2D eigenvalue weighted by Crippen LogP contribution is 2.52. The van der Waals surface area contributed by atoms with E-state index in [9.17, 15) is 22.0 Å². The molecule has 0 N–H and O–H groups in total. The van der Waals surface area contributed by atoms with Crippen molar-refractivity contribution >= 4 is 0 Å². The van der Waals surface area contributed by atoms with Gasteiger partial charge in [-0.1, -0.05) is 6.92 Å². The second kappa shape index (κ2) is 7.72. The monoisotopic (exact) mass is 394 g/mol. The topological polar surface area (TPSA) is 18.5 Å². The van der Waals surface area contributed by atoms with Crippen LogP contribution in [0.2, 0.25) is 0 Å². The predicted octanol–water partition coefficient (Wildman–Crippen LogP) is 6.03. The van der Waals surface area contributed by atoms with Crippen molar-refractivity contribution in [3.8, 4) is 0 Å². The molecule has 2 fully saturated rings. The van der Waals surface area contributed by atoms with Gasteiger partial charge in [-0.25, -0.2) is 13.2 Å². The molecule has 4 unspecified atom stereocenters. The van der Waals surface area contributed by atoms with Gasteiger partial charge in [0.2, 0.25) is 0 Å². The Labute approximate surface area is 156 Å². The van der Waals surface area contributed by atoms with E-state index in [2.05, 4.69) is 11.7 Å². The van der Waals surface area contributed by atoms with Gasteiger partial charge in [0.25, 0.3) is 0 Å².